The third-order valence-electron chi connectivity index (χ3n) is 2.43. The molecule has 0 aliphatic heterocycles. The van der Waals surface area contributed by atoms with Crippen molar-refractivity contribution in [3.8, 4) is 0 Å². The summed E-state index contributed by atoms with van der Waals surface area (Å²) < 4.78 is 5.03. The Balaban J connectivity index is 2.21. The minimum absolute atomic E-state index is 0.299. The quantitative estimate of drug-likeness (QED) is 0.268. The van der Waals surface area contributed by atoms with Gasteiger partial charge in [-0.3, -0.25) is 4.90 Å². The Kier molecular flexibility index (Phi) is 4.69. The second-order valence-electron chi connectivity index (χ2n) is 3.60. The number of nitrogens with zero attached hydrogens (tertiary/aromatic N) is 2. The number of hydrogen-bond donors (Lipinski definition) is 2. The lowest BCUT2D eigenvalue weighted by molar-refractivity contribution is 0.145. The maximum atomic E-state index is 8.40. The van der Waals surface area contributed by atoms with Crippen LogP contribution in [-0.2, 0) is 4.74 Å². The molecule has 82 valence electrons. The molecule has 0 saturated heterocycles. The van der Waals surface area contributed by atoms with Gasteiger partial charge in [-0.25, -0.2) is 0 Å². The Morgan fingerprint density at radius 1 is 1.57 bits per heavy atom. The summed E-state index contributed by atoms with van der Waals surface area (Å²) in [7, 11) is 1.70. The van der Waals surface area contributed by atoms with Gasteiger partial charge in [-0.15, -0.1) is 0 Å². The summed E-state index contributed by atoms with van der Waals surface area (Å²) in [5.41, 5.74) is 5.41. The molecular weight excluding hydrogens is 182 g/mol. The van der Waals surface area contributed by atoms with Gasteiger partial charge in [0.25, 0.3) is 0 Å². The highest BCUT2D eigenvalue weighted by Gasteiger charge is 2.28. The van der Waals surface area contributed by atoms with Crippen LogP contribution in [0.5, 0.6) is 0 Å². The molecule has 0 unspecified atom stereocenters. The Hall–Kier alpha value is -0.810. The van der Waals surface area contributed by atoms with Gasteiger partial charge < -0.3 is 15.7 Å². The van der Waals surface area contributed by atoms with Gasteiger partial charge in [0.05, 0.1) is 6.61 Å². The Labute approximate surface area is 84.5 Å². The zero-order valence-corrected chi connectivity index (χ0v) is 8.65. The van der Waals surface area contributed by atoms with E-state index in [1.165, 1.54) is 12.8 Å². The van der Waals surface area contributed by atoms with Gasteiger partial charge in [0.15, 0.2) is 0 Å². The van der Waals surface area contributed by atoms with Gasteiger partial charge in [-0.1, -0.05) is 5.16 Å². The summed E-state index contributed by atoms with van der Waals surface area (Å²) in [5, 5.41) is 11.4. The van der Waals surface area contributed by atoms with Crippen LogP contribution in [0.4, 0.5) is 0 Å². The molecule has 14 heavy (non-hydrogen) atoms. The van der Waals surface area contributed by atoms with E-state index in [0.29, 0.717) is 18.3 Å². The molecule has 0 aromatic heterocycles. The van der Waals surface area contributed by atoms with E-state index in [2.05, 4.69) is 10.1 Å². The topological polar surface area (TPSA) is 71.1 Å². The molecule has 0 amide bonds. The highest BCUT2D eigenvalue weighted by atomic mass is 16.5. The predicted molar refractivity (Wildman–Crippen MR) is 54.5 cm³/mol. The lowest BCUT2D eigenvalue weighted by atomic mass is 10.3. The van der Waals surface area contributed by atoms with E-state index in [1.807, 2.05) is 0 Å². The lowest BCUT2D eigenvalue weighted by Crippen LogP contribution is -2.33. The first kappa shape index (κ1) is 11.3. The zero-order chi connectivity index (χ0) is 10.4. The van der Waals surface area contributed by atoms with Gasteiger partial charge in [-0.2, -0.15) is 0 Å². The van der Waals surface area contributed by atoms with Crippen LogP contribution in [0.25, 0.3) is 0 Å². The monoisotopic (exact) mass is 201 g/mol. The van der Waals surface area contributed by atoms with Crippen molar-refractivity contribution in [2.45, 2.75) is 25.3 Å². The molecule has 5 nitrogen and oxygen atoms in total. The Morgan fingerprint density at radius 2 is 2.29 bits per heavy atom. The third-order valence-corrected chi connectivity index (χ3v) is 2.43. The standard InChI is InChI=1S/C9H19N3O2/c1-14-7-6-12(8-2-3-8)5-4-9(10)11-13/h8,13H,2-7H2,1H3,(H2,10,11). The zero-order valence-electron chi connectivity index (χ0n) is 8.65. The van der Waals surface area contributed by atoms with Crippen LogP contribution < -0.4 is 5.73 Å². The van der Waals surface area contributed by atoms with Crippen molar-refractivity contribution in [1.82, 2.24) is 4.90 Å². The summed E-state index contributed by atoms with van der Waals surface area (Å²) in [6, 6.07) is 0.691. The number of hydrogen-bond acceptors (Lipinski definition) is 4. The van der Waals surface area contributed by atoms with E-state index in [4.69, 9.17) is 15.7 Å². The second kappa shape index (κ2) is 5.82. The van der Waals surface area contributed by atoms with Gasteiger partial charge in [0.2, 0.25) is 0 Å². The van der Waals surface area contributed by atoms with Gasteiger partial charge in [0.1, 0.15) is 5.84 Å². The van der Waals surface area contributed by atoms with Gasteiger partial charge >= 0.3 is 0 Å². The van der Waals surface area contributed by atoms with E-state index in [-0.39, 0.29) is 0 Å². The average molecular weight is 201 g/mol. The van der Waals surface area contributed by atoms with Crippen molar-refractivity contribution in [3.05, 3.63) is 0 Å². The van der Waals surface area contributed by atoms with E-state index >= 15 is 0 Å². The molecule has 1 saturated carbocycles. The minimum atomic E-state index is 0.299. The van der Waals surface area contributed by atoms with Crippen molar-refractivity contribution in [2.24, 2.45) is 10.9 Å². The maximum absolute atomic E-state index is 8.40. The Bertz CT molecular complexity index is 192. The molecule has 0 aromatic carbocycles. The average Bonchev–Trinajstić information content (AvgIpc) is 3.01. The van der Waals surface area contributed by atoms with Crippen molar-refractivity contribution in [2.75, 3.05) is 26.8 Å². The predicted octanol–water partition coefficient (Wildman–Crippen LogP) is 0.234. The maximum Gasteiger partial charge on any atom is 0.140 e. The lowest BCUT2D eigenvalue weighted by Gasteiger charge is -2.20. The van der Waals surface area contributed by atoms with E-state index < -0.39 is 0 Å². The van der Waals surface area contributed by atoms with Crippen molar-refractivity contribution < 1.29 is 9.94 Å². The third kappa shape index (κ3) is 3.93. The number of amidine groups is 1. The Morgan fingerprint density at radius 3 is 2.79 bits per heavy atom. The van der Waals surface area contributed by atoms with Crippen molar-refractivity contribution in [3.63, 3.8) is 0 Å². The summed E-state index contributed by atoms with van der Waals surface area (Å²) in [4.78, 5) is 2.33. The molecule has 0 aromatic rings. The number of methoxy groups -OCH3 is 1. The largest absolute Gasteiger partial charge is 0.409 e. The SMILES string of the molecule is COCCN(CCC(N)=NO)C1CC1. The fourth-order valence-corrected chi connectivity index (χ4v) is 1.43. The van der Waals surface area contributed by atoms with Crippen LogP contribution in [0.15, 0.2) is 5.16 Å². The molecule has 0 bridgehead atoms. The smallest absolute Gasteiger partial charge is 0.140 e. The van der Waals surface area contributed by atoms with Gasteiger partial charge in [-0.05, 0) is 12.8 Å². The van der Waals surface area contributed by atoms with Gasteiger partial charge in [0, 0.05) is 32.7 Å². The summed E-state index contributed by atoms with van der Waals surface area (Å²) >= 11 is 0. The minimum Gasteiger partial charge on any atom is -0.409 e. The molecule has 0 heterocycles. The molecule has 0 atom stereocenters. The highest BCUT2D eigenvalue weighted by Crippen LogP contribution is 2.26. The molecular formula is C9H19N3O2. The van der Waals surface area contributed by atoms with Crippen LogP contribution in [0.1, 0.15) is 19.3 Å². The van der Waals surface area contributed by atoms with Crippen LogP contribution in [0, 0.1) is 0 Å². The molecule has 1 aliphatic rings. The van der Waals surface area contributed by atoms with Crippen LogP contribution in [0.3, 0.4) is 0 Å². The summed E-state index contributed by atoms with van der Waals surface area (Å²) in [6.07, 6.45) is 3.15. The van der Waals surface area contributed by atoms with E-state index in [1.54, 1.807) is 7.11 Å². The molecule has 1 rings (SSSR count). The number of rotatable bonds is 7. The molecule has 1 aliphatic carbocycles. The van der Waals surface area contributed by atoms with E-state index in [0.717, 1.165) is 19.7 Å². The molecule has 1 fully saturated rings. The normalized spacial score (nSPS) is 17.7. The van der Waals surface area contributed by atoms with Crippen LogP contribution in [0.2, 0.25) is 0 Å². The van der Waals surface area contributed by atoms with Crippen LogP contribution in [-0.4, -0.2) is 48.8 Å². The first-order valence-electron chi connectivity index (χ1n) is 4.97. The summed E-state index contributed by atoms with van der Waals surface area (Å²) in [5.74, 6) is 0.299. The number of oxime groups is 1. The molecule has 0 radical (unpaired) electrons. The fraction of sp³-hybridized carbons (Fsp3) is 0.889. The van der Waals surface area contributed by atoms with Crippen LogP contribution >= 0.6 is 0 Å². The molecule has 0 spiro atoms. The van der Waals surface area contributed by atoms with Crippen molar-refractivity contribution >= 4 is 5.84 Å². The fourth-order valence-electron chi connectivity index (χ4n) is 1.43. The summed E-state index contributed by atoms with van der Waals surface area (Å²) in [6.45, 7) is 2.52. The number of ether oxygens (including phenoxy) is 1. The molecule has 5 heteroatoms. The number of nitrogens with two attached hydrogens (primary N) is 1. The first-order valence-corrected chi connectivity index (χ1v) is 4.97. The highest BCUT2D eigenvalue weighted by molar-refractivity contribution is 5.79. The van der Waals surface area contributed by atoms with E-state index in [9.17, 15) is 0 Å². The second-order valence-corrected chi connectivity index (χ2v) is 3.60. The first-order chi connectivity index (χ1) is 6.77. The molecule has 3 N–H and O–H groups in total. The van der Waals surface area contributed by atoms with Crippen molar-refractivity contribution in [1.29, 1.82) is 0 Å².